The number of thiazole rings is 1. The maximum atomic E-state index is 12.5. The second-order valence-corrected chi connectivity index (χ2v) is 7.69. The van der Waals surface area contributed by atoms with Crippen molar-refractivity contribution in [3.63, 3.8) is 0 Å². The summed E-state index contributed by atoms with van der Waals surface area (Å²) in [4.78, 5) is 19.4. The van der Waals surface area contributed by atoms with E-state index in [1.807, 2.05) is 31.2 Å². The predicted octanol–water partition coefficient (Wildman–Crippen LogP) is 4.00. The zero-order valence-electron chi connectivity index (χ0n) is 14.2. The number of nitrogens with one attached hydrogen (secondary N) is 1. The number of hydrogen-bond donors (Lipinski definition) is 1. The number of benzene rings is 2. The molecule has 128 valence electrons. The summed E-state index contributed by atoms with van der Waals surface area (Å²) in [6, 6.07) is 16.5. The van der Waals surface area contributed by atoms with E-state index in [1.54, 1.807) is 11.3 Å². The molecule has 1 aliphatic heterocycles. The van der Waals surface area contributed by atoms with Crippen LogP contribution in [0.1, 0.15) is 28.2 Å². The molecule has 1 aliphatic rings. The second-order valence-electron chi connectivity index (χ2n) is 6.45. The number of para-hydroxylation sites is 1. The van der Waals surface area contributed by atoms with Crippen molar-refractivity contribution in [2.75, 3.05) is 18.0 Å². The molecule has 25 heavy (non-hydrogen) atoms. The molecule has 1 fully saturated rings. The number of carbonyl (C=O) groups excluding carboxylic acids is 1. The Morgan fingerprint density at radius 3 is 2.96 bits per heavy atom. The third-order valence-corrected chi connectivity index (χ3v) is 5.65. The van der Waals surface area contributed by atoms with E-state index in [0.29, 0.717) is 18.2 Å². The maximum Gasteiger partial charge on any atom is 0.251 e. The van der Waals surface area contributed by atoms with E-state index in [4.69, 9.17) is 0 Å². The molecule has 3 aromatic rings. The Kier molecular flexibility index (Phi) is 4.40. The zero-order valence-corrected chi connectivity index (χ0v) is 15.1. The second kappa shape index (κ2) is 6.84. The van der Waals surface area contributed by atoms with Gasteiger partial charge in [-0.15, -0.1) is 11.3 Å². The Morgan fingerprint density at radius 2 is 2.12 bits per heavy atom. The Hall–Kier alpha value is -2.40. The summed E-state index contributed by atoms with van der Waals surface area (Å²) < 4.78 is 1.07. The van der Waals surface area contributed by atoms with E-state index in [0.717, 1.165) is 28.2 Å². The van der Waals surface area contributed by atoms with Gasteiger partial charge in [0.05, 0.1) is 15.2 Å². The van der Waals surface area contributed by atoms with Gasteiger partial charge in [-0.1, -0.05) is 18.2 Å². The molecule has 0 radical (unpaired) electrons. The average Bonchev–Trinajstić information content (AvgIpc) is 3.24. The highest BCUT2D eigenvalue weighted by atomic mass is 32.1. The first kappa shape index (κ1) is 16.1. The minimum Gasteiger partial charge on any atom is -0.367 e. The van der Waals surface area contributed by atoms with Crippen LogP contribution in [0.2, 0.25) is 0 Å². The third-order valence-electron chi connectivity index (χ3n) is 4.72. The van der Waals surface area contributed by atoms with E-state index < -0.39 is 0 Å². The Balaban J connectivity index is 1.43. The molecule has 0 aliphatic carbocycles. The number of amides is 1. The molecule has 0 unspecified atom stereocenters. The van der Waals surface area contributed by atoms with Gasteiger partial charge in [0.1, 0.15) is 0 Å². The highest BCUT2D eigenvalue weighted by Crippen LogP contribution is 2.25. The Labute approximate surface area is 151 Å². The van der Waals surface area contributed by atoms with Gasteiger partial charge in [0, 0.05) is 30.4 Å². The van der Waals surface area contributed by atoms with Crippen molar-refractivity contribution in [2.24, 2.45) is 0 Å². The van der Waals surface area contributed by atoms with E-state index in [1.165, 1.54) is 12.1 Å². The van der Waals surface area contributed by atoms with Gasteiger partial charge < -0.3 is 10.2 Å². The van der Waals surface area contributed by atoms with Gasteiger partial charge in [0.25, 0.3) is 5.91 Å². The quantitative estimate of drug-likeness (QED) is 0.773. The fraction of sp³-hybridized carbons (Fsp3) is 0.300. The molecule has 1 atom stereocenters. The van der Waals surface area contributed by atoms with Gasteiger partial charge in [0.15, 0.2) is 0 Å². The number of hydrogen-bond acceptors (Lipinski definition) is 4. The maximum absolute atomic E-state index is 12.5. The van der Waals surface area contributed by atoms with Crippen molar-refractivity contribution < 1.29 is 4.79 Å². The van der Waals surface area contributed by atoms with Crippen LogP contribution < -0.4 is 10.2 Å². The molecule has 0 spiro atoms. The van der Waals surface area contributed by atoms with E-state index in [9.17, 15) is 4.79 Å². The van der Waals surface area contributed by atoms with Crippen LogP contribution in [0.25, 0.3) is 10.2 Å². The molecule has 1 amide bonds. The summed E-state index contributed by atoms with van der Waals surface area (Å²) in [6.45, 7) is 3.72. The zero-order chi connectivity index (χ0) is 17.2. The molecule has 1 saturated heterocycles. The molecule has 4 nitrogen and oxygen atoms in total. The first-order valence-corrected chi connectivity index (χ1v) is 9.49. The summed E-state index contributed by atoms with van der Waals surface area (Å²) in [5, 5.41) is 4.14. The van der Waals surface area contributed by atoms with Crippen LogP contribution in [0.15, 0.2) is 48.5 Å². The fourth-order valence-electron chi connectivity index (χ4n) is 3.50. The number of aromatic nitrogens is 1. The van der Waals surface area contributed by atoms with Crippen LogP contribution in [0.5, 0.6) is 0 Å². The molecule has 2 heterocycles. The SMILES string of the molecule is Cc1nc2ccc(C(=O)NC[C@@H]3CCCN3c3ccccc3)cc2s1. The van der Waals surface area contributed by atoms with Gasteiger partial charge in [-0.05, 0) is 50.1 Å². The van der Waals surface area contributed by atoms with Gasteiger partial charge >= 0.3 is 0 Å². The van der Waals surface area contributed by atoms with Crippen LogP contribution in [-0.2, 0) is 0 Å². The molecule has 0 bridgehead atoms. The summed E-state index contributed by atoms with van der Waals surface area (Å²) >= 11 is 1.63. The molecule has 0 saturated carbocycles. The minimum atomic E-state index is -0.00661. The Bertz CT molecular complexity index is 890. The van der Waals surface area contributed by atoms with Gasteiger partial charge in [0.2, 0.25) is 0 Å². The number of nitrogens with zero attached hydrogens (tertiary/aromatic N) is 2. The topological polar surface area (TPSA) is 45.2 Å². The molecule has 4 rings (SSSR count). The summed E-state index contributed by atoms with van der Waals surface area (Å²) in [7, 11) is 0. The molecule has 1 aromatic heterocycles. The standard InChI is InChI=1S/C20H21N3OS/c1-14-22-18-10-9-15(12-19(18)25-14)20(24)21-13-17-8-5-11-23(17)16-6-3-2-4-7-16/h2-4,6-7,9-10,12,17H,5,8,11,13H2,1H3,(H,21,24)/t17-/m0/s1. The normalized spacial score (nSPS) is 17.2. The number of aryl methyl sites for hydroxylation is 1. The third kappa shape index (κ3) is 3.37. The van der Waals surface area contributed by atoms with E-state index in [2.05, 4.69) is 39.5 Å². The van der Waals surface area contributed by atoms with E-state index in [-0.39, 0.29) is 5.91 Å². The van der Waals surface area contributed by atoms with Gasteiger partial charge in [-0.2, -0.15) is 0 Å². The van der Waals surface area contributed by atoms with Crippen molar-refractivity contribution in [3.8, 4) is 0 Å². The lowest BCUT2D eigenvalue weighted by molar-refractivity contribution is 0.0951. The molecule has 5 heteroatoms. The predicted molar refractivity (Wildman–Crippen MR) is 104 cm³/mol. The first-order chi connectivity index (χ1) is 12.2. The van der Waals surface area contributed by atoms with Crippen molar-refractivity contribution >= 4 is 33.1 Å². The Morgan fingerprint density at radius 1 is 1.28 bits per heavy atom. The lowest BCUT2D eigenvalue weighted by Gasteiger charge is -2.27. The van der Waals surface area contributed by atoms with Crippen molar-refractivity contribution in [1.82, 2.24) is 10.3 Å². The molecular formula is C20H21N3OS. The van der Waals surface area contributed by atoms with Gasteiger partial charge in [-0.3, -0.25) is 4.79 Å². The molecule has 2 aromatic carbocycles. The van der Waals surface area contributed by atoms with Crippen LogP contribution in [-0.4, -0.2) is 30.0 Å². The van der Waals surface area contributed by atoms with Crippen LogP contribution >= 0.6 is 11.3 Å². The van der Waals surface area contributed by atoms with Crippen molar-refractivity contribution in [1.29, 1.82) is 0 Å². The van der Waals surface area contributed by atoms with Gasteiger partial charge in [-0.25, -0.2) is 4.98 Å². The number of carbonyl (C=O) groups is 1. The van der Waals surface area contributed by atoms with E-state index >= 15 is 0 Å². The number of anilines is 1. The summed E-state index contributed by atoms with van der Waals surface area (Å²) in [6.07, 6.45) is 2.28. The molecular weight excluding hydrogens is 330 g/mol. The summed E-state index contributed by atoms with van der Waals surface area (Å²) in [5.74, 6) is -0.00661. The number of fused-ring (bicyclic) bond motifs is 1. The summed E-state index contributed by atoms with van der Waals surface area (Å²) in [5.41, 5.74) is 2.91. The highest BCUT2D eigenvalue weighted by molar-refractivity contribution is 7.18. The largest absolute Gasteiger partial charge is 0.367 e. The first-order valence-electron chi connectivity index (χ1n) is 8.68. The lowest BCUT2D eigenvalue weighted by atomic mass is 10.1. The monoisotopic (exact) mass is 351 g/mol. The fourth-order valence-corrected chi connectivity index (χ4v) is 4.37. The minimum absolute atomic E-state index is 0.00661. The van der Waals surface area contributed by atoms with Crippen LogP contribution in [0.4, 0.5) is 5.69 Å². The van der Waals surface area contributed by atoms with Crippen molar-refractivity contribution in [3.05, 3.63) is 59.1 Å². The van der Waals surface area contributed by atoms with Crippen molar-refractivity contribution in [2.45, 2.75) is 25.8 Å². The molecule has 1 N–H and O–H groups in total. The lowest BCUT2D eigenvalue weighted by Crippen LogP contribution is -2.40. The smallest absolute Gasteiger partial charge is 0.251 e. The average molecular weight is 351 g/mol. The highest BCUT2D eigenvalue weighted by Gasteiger charge is 2.25. The van der Waals surface area contributed by atoms with Crippen LogP contribution in [0, 0.1) is 6.92 Å². The van der Waals surface area contributed by atoms with Crippen LogP contribution in [0.3, 0.4) is 0 Å². The number of rotatable bonds is 4.